The van der Waals surface area contributed by atoms with Gasteiger partial charge in [0.25, 0.3) is 14.2 Å². The predicted molar refractivity (Wildman–Crippen MR) is 93.7 cm³/mol. The highest BCUT2D eigenvalue weighted by atomic mass is 32.2. The van der Waals surface area contributed by atoms with Crippen LogP contribution < -0.4 is 10.4 Å². The number of carbonyl (C=O) groups is 1. The molecule has 0 aliphatic carbocycles. The van der Waals surface area contributed by atoms with Gasteiger partial charge in [-0.1, -0.05) is 23.9 Å². The topological polar surface area (TPSA) is 37.3 Å². The Labute approximate surface area is 133 Å². The number of thioether (sulfide) groups is 3. The molecule has 2 heterocycles. The molecule has 2 nitrogen and oxygen atoms in total. The van der Waals surface area contributed by atoms with Crippen molar-refractivity contribution in [2.24, 2.45) is 0 Å². The number of carbonyl (C=O) groups excluding carboxylic acids is 1. The Kier molecular flexibility index (Phi) is 3.99. The third-order valence-corrected chi connectivity index (χ3v) is 7.74. The summed E-state index contributed by atoms with van der Waals surface area (Å²) in [7, 11) is 0. The van der Waals surface area contributed by atoms with E-state index in [9.17, 15) is 9.90 Å². The first-order valence-corrected chi connectivity index (χ1v) is 9.15. The highest BCUT2D eigenvalue weighted by Gasteiger charge is 2.31. The normalized spacial score (nSPS) is 19.1. The Morgan fingerprint density at radius 3 is 2.15 bits per heavy atom. The van der Waals surface area contributed by atoms with Gasteiger partial charge in [-0.05, 0) is 36.0 Å². The van der Waals surface area contributed by atoms with E-state index in [-0.39, 0.29) is 5.12 Å². The highest BCUT2D eigenvalue weighted by molar-refractivity contribution is 8.37. The molecule has 0 spiro atoms. The summed E-state index contributed by atoms with van der Waals surface area (Å²) >= 11 is 5.86. The summed E-state index contributed by atoms with van der Waals surface area (Å²) in [6, 6.07) is 8.16. The third kappa shape index (κ3) is 2.70. The molecule has 2 aliphatic rings. The van der Waals surface area contributed by atoms with Crippen LogP contribution in [-0.4, -0.2) is 15.1 Å². The van der Waals surface area contributed by atoms with E-state index in [0.717, 1.165) is 28.7 Å². The van der Waals surface area contributed by atoms with E-state index >= 15 is 0 Å². The van der Waals surface area contributed by atoms with Crippen molar-refractivity contribution in [1.29, 1.82) is 0 Å². The second-order valence-electron chi connectivity index (χ2n) is 4.27. The lowest BCUT2D eigenvalue weighted by Gasteiger charge is -1.94. The molecule has 3 rings (SSSR count). The summed E-state index contributed by atoms with van der Waals surface area (Å²) in [5.74, 6) is 0. The molecular weight excluding hydrogens is 328 g/mol. The third-order valence-electron chi connectivity index (χ3n) is 2.81. The standard InChI is InChI=1S/C14H10O2S4/c1-7-11(15)19-13(17-7)9-3-5-10(6-4-9)14-18-8(2)12(16)20-14/h3-6H,1-2H3/p+1. The molecule has 0 aromatic heterocycles. The highest BCUT2D eigenvalue weighted by Crippen LogP contribution is 2.47. The van der Waals surface area contributed by atoms with Gasteiger partial charge in [0, 0.05) is 28.8 Å². The Balaban J connectivity index is 2.01. The Morgan fingerprint density at radius 1 is 1.00 bits per heavy atom. The average molecular weight is 340 g/mol. The lowest BCUT2D eigenvalue weighted by atomic mass is 10.3. The first kappa shape index (κ1) is 14.3. The second kappa shape index (κ2) is 5.60. The second-order valence-corrected chi connectivity index (χ2v) is 9.21. The number of rotatable bonds is 0. The molecule has 0 bridgehead atoms. The SMILES string of the molecule is CC1=[S+]C(=c2ccc(=C3SC(C)=C(O)S3)cc2)SC1=O. The maximum absolute atomic E-state index is 11.5. The van der Waals surface area contributed by atoms with Crippen molar-refractivity contribution >= 4 is 65.1 Å². The van der Waals surface area contributed by atoms with E-state index in [4.69, 9.17) is 0 Å². The molecule has 102 valence electrons. The lowest BCUT2D eigenvalue weighted by Crippen LogP contribution is -2.09. The van der Waals surface area contributed by atoms with Crippen molar-refractivity contribution in [2.75, 3.05) is 0 Å². The van der Waals surface area contributed by atoms with Crippen molar-refractivity contribution in [3.05, 3.63) is 44.7 Å². The summed E-state index contributed by atoms with van der Waals surface area (Å²) in [4.78, 5) is 13.3. The van der Waals surface area contributed by atoms with Crippen LogP contribution in [0.1, 0.15) is 13.8 Å². The van der Waals surface area contributed by atoms with Gasteiger partial charge in [0.1, 0.15) is 0 Å². The molecule has 0 amide bonds. The maximum atomic E-state index is 11.5. The number of allylic oxidation sites excluding steroid dienone is 1. The van der Waals surface area contributed by atoms with Crippen LogP contribution in [0.25, 0.3) is 8.47 Å². The van der Waals surface area contributed by atoms with Crippen LogP contribution in [-0.2, 0) is 16.1 Å². The van der Waals surface area contributed by atoms with Crippen molar-refractivity contribution in [3.8, 4) is 0 Å². The van der Waals surface area contributed by atoms with Gasteiger partial charge in [-0.15, -0.1) is 0 Å². The van der Waals surface area contributed by atoms with Gasteiger partial charge in [0.2, 0.25) is 11.4 Å². The van der Waals surface area contributed by atoms with Gasteiger partial charge in [-0.3, -0.25) is 4.79 Å². The molecule has 0 radical (unpaired) electrons. The molecule has 0 atom stereocenters. The molecule has 1 aromatic rings. The molecule has 2 aliphatic heterocycles. The molecular formula is C14H11O2S4+. The minimum Gasteiger partial charge on any atom is -0.501 e. The maximum Gasteiger partial charge on any atom is 0.281 e. The minimum absolute atomic E-state index is 0.148. The first-order chi connectivity index (χ1) is 9.54. The Hall–Kier alpha value is -0.690. The largest absolute Gasteiger partial charge is 0.501 e. The van der Waals surface area contributed by atoms with E-state index in [1.807, 2.05) is 38.1 Å². The minimum atomic E-state index is 0.148. The van der Waals surface area contributed by atoms with Crippen molar-refractivity contribution < 1.29 is 9.90 Å². The summed E-state index contributed by atoms with van der Waals surface area (Å²) in [6.45, 7) is 3.78. The number of benzene rings is 1. The van der Waals surface area contributed by atoms with Gasteiger partial charge in [0.05, 0.1) is 4.24 Å². The predicted octanol–water partition coefficient (Wildman–Crippen LogP) is 2.59. The monoisotopic (exact) mass is 339 g/mol. The summed E-state index contributed by atoms with van der Waals surface area (Å²) < 4.78 is 2.15. The summed E-state index contributed by atoms with van der Waals surface area (Å²) in [5, 5.41) is 12.4. The first-order valence-electron chi connectivity index (χ1n) is 5.88. The lowest BCUT2D eigenvalue weighted by molar-refractivity contribution is -0.105. The molecule has 0 fully saturated rings. The van der Waals surface area contributed by atoms with Crippen molar-refractivity contribution in [2.45, 2.75) is 13.8 Å². The van der Waals surface area contributed by atoms with E-state index in [1.165, 1.54) is 23.5 Å². The Bertz CT molecular complexity index is 750. The van der Waals surface area contributed by atoms with Crippen LogP contribution in [0.2, 0.25) is 0 Å². The van der Waals surface area contributed by atoms with Crippen molar-refractivity contribution in [1.82, 2.24) is 0 Å². The van der Waals surface area contributed by atoms with Gasteiger partial charge in [0.15, 0.2) is 5.09 Å². The van der Waals surface area contributed by atoms with E-state index in [2.05, 4.69) is 0 Å². The average Bonchev–Trinajstić information content (AvgIpc) is 2.94. The Morgan fingerprint density at radius 2 is 1.65 bits per heavy atom. The molecule has 0 saturated heterocycles. The number of aliphatic hydroxyl groups excluding tert-OH is 1. The van der Waals surface area contributed by atoms with Crippen LogP contribution >= 0.6 is 35.3 Å². The summed E-state index contributed by atoms with van der Waals surface area (Å²) in [5.41, 5.74) is 0. The van der Waals surface area contributed by atoms with E-state index in [0.29, 0.717) is 5.09 Å². The molecule has 1 N–H and O–H groups in total. The smallest absolute Gasteiger partial charge is 0.281 e. The van der Waals surface area contributed by atoms with Crippen LogP contribution in [0.3, 0.4) is 0 Å². The van der Waals surface area contributed by atoms with E-state index < -0.39 is 0 Å². The van der Waals surface area contributed by atoms with Crippen molar-refractivity contribution in [3.63, 3.8) is 0 Å². The number of hydrogen-bond donors (Lipinski definition) is 1. The fourth-order valence-corrected chi connectivity index (χ4v) is 6.12. The van der Waals surface area contributed by atoms with Gasteiger partial charge in [-0.2, -0.15) is 0 Å². The van der Waals surface area contributed by atoms with Gasteiger partial charge in [-0.25, -0.2) is 0 Å². The van der Waals surface area contributed by atoms with Crippen LogP contribution in [0.5, 0.6) is 0 Å². The quantitative estimate of drug-likeness (QED) is 0.581. The zero-order chi connectivity index (χ0) is 14.3. The molecule has 0 saturated carbocycles. The molecule has 1 aromatic carbocycles. The molecule has 6 heteroatoms. The van der Waals surface area contributed by atoms with Gasteiger partial charge < -0.3 is 5.11 Å². The fraction of sp³-hybridized carbons (Fsp3) is 0.143. The number of hydrogen-bond acceptors (Lipinski definition) is 5. The zero-order valence-corrected chi connectivity index (χ0v) is 14.1. The van der Waals surface area contributed by atoms with Crippen LogP contribution in [0, 0.1) is 0 Å². The summed E-state index contributed by atoms with van der Waals surface area (Å²) in [6.07, 6.45) is 0. The van der Waals surface area contributed by atoms with Crippen LogP contribution in [0.4, 0.5) is 0 Å². The number of aliphatic hydroxyl groups is 1. The van der Waals surface area contributed by atoms with Crippen LogP contribution in [0.15, 0.2) is 34.3 Å². The zero-order valence-electron chi connectivity index (χ0n) is 10.8. The molecule has 0 unspecified atom stereocenters. The van der Waals surface area contributed by atoms with Gasteiger partial charge >= 0.3 is 0 Å². The molecule has 20 heavy (non-hydrogen) atoms. The van der Waals surface area contributed by atoms with E-state index in [1.54, 1.807) is 23.1 Å². The fourth-order valence-electron chi connectivity index (χ4n) is 1.70.